The Morgan fingerprint density at radius 1 is 1.29 bits per heavy atom. The highest BCUT2D eigenvalue weighted by Crippen LogP contribution is 2.30. The molecule has 0 radical (unpaired) electrons. The lowest BCUT2D eigenvalue weighted by Crippen LogP contribution is -2.44. The molecule has 1 aliphatic carbocycles. The van der Waals surface area contributed by atoms with Crippen molar-refractivity contribution in [3.63, 3.8) is 0 Å². The summed E-state index contributed by atoms with van der Waals surface area (Å²) >= 11 is 1.48. The smallest absolute Gasteiger partial charge is 0.230 e. The minimum atomic E-state index is 0.0964. The maximum atomic E-state index is 12.5. The monoisotopic (exact) mass is 400 g/mol. The zero-order valence-electron chi connectivity index (χ0n) is 17.4. The molecule has 2 aromatic rings. The van der Waals surface area contributed by atoms with E-state index in [1.165, 1.54) is 30.2 Å². The largest absolute Gasteiger partial charge is 0.352 e. The molecular formula is C22H32N4OS. The van der Waals surface area contributed by atoms with Gasteiger partial charge in [0.2, 0.25) is 5.91 Å². The van der Waals surface area contributed by atoms with Crippen molar-refractivity contribution in [2.45, 2.75) is 71.1 Å². The molecule has 3 atom stereocenters. The molecule has 1 amide bonds. The van der Waals surface area contributed by atoms with Crippen LogP contribution in [0.5, 0.6) is 0 Å². The predicted molar refractivity (Wildman–Crippen MR) is 115 cm³/mol. The number of rotatable bonds is 7. The third kappa shape index (κ3) is 4.96. The van der Waals surface area contributed by atoms with Gasteiger partial charge < -0.3 is 9.88 Å². The van der Waals surface area contributed by atoms with Crippen LogP contribution in [0.3, 0.4) is 0 Å². The van der Waals surface area contributed by atoms with Gasteiger partial charge in [-0.05, 0) is 37.7 Å². The van der Waals surface area contributed by atoms with Crippen LogP contribution in [-0.4, -0.2) is 32.5 Å². The molecule has 1 aliphatic rings. The quantitative estimate of drug-likeness (QED) is 0.685. The predicted octanol–water partition coefficient (Wildman–Crippen LogP) is 4.70. The number of carbonyl (C=O) groups is 1. The molecule has 1 heterocycles. The van der Waals surface area contributed by atoms with E-state index >= 15 is 0 Å². The average Bonchev–Trinajstić information content (AvgIpc) is 3.07. The Labute approximate surface area is 172 Å². The minimum absolute atomic E-state index is 0.0964. The first-order valence-electron chi connectivity index (χ1n) is 10.4. The van der Waals surface area contributed by atoms with Crippen molar-refractivity contribution in [1.82, 2.24) is 20.1 Å². The molecule has 3 rings (SSSR count). The Morgan fingerprint density at radius 3 is 2.86 bits per heavy atom. The first-order valence-corrected chi connectivity index (χ1v) is 11.4. The number of amides is 1. The van der Waals surface area contributed by atoms with Crippen LogP contribution in [0.2, 0.25) is 0 Å². The molecule has 5 nitrogen and oxygen atoms in total. The highest BCUT2D eigenvalue weighted by molar-refractivity contribution is 7.99. The second-order valence-corrected chi connectivity index (χ2v) is 9.00. The van der Waals surface area contributed by atoms with Gasteiger partial charge in [-0.3, -0.25) is 4.79 Å². The molecule has 0 bridgehead atoms. The summed E-state index contributed by atoms with van der Waals surface area (Å²) in [5.74, 6) is 2.57. The van der Waals surface area contributed by atoms with Crippen molar-refractivity contribution in [3.8, 4) is 11.4 Å². The topological polar surface area (TPSA) is 59.8 Å². The molecule has 1 aromatic heterocycles. The lowest BCUT2D eigenvalue weighted by molar-refractivity contribution is -0.120. The van der Waals surface area contributed by atoms with E-state index in [2.05, 4.69) is 66.0 Å². The van der Waals surface area contributed by atoms with Crippen LogP contribution in [0.25, 0.3) is 11.4 Å². The molecule has 28 heavy (non-hydrogen) atoms. The van der Waals surface area contributed by atoms with Gasteiger partial charge in [-0.1, -0.05) is 69.1 Å². The van der Waals surface area contributed by atoms with Crippen molar-refractivity contribution >= 4 is 17.7 Å². The first-order chi connectivity index (χ1) is 13.5. The highest BCUT2D eigenvalue weighted by Gasteiger charge is 2.28. The third-order valence-corrected chi connectivity index (χ3v) is 6.79. The maximum absolute atomic E-state index is 12.5. The van der Waals surface area contributed by atoms with Gasteiger partial charge in [-0.2, -0.15) is 0 Å². The van der Waals surface area contributed by atoms with Gasteiger partial charge in [0, 0.05) is 18.2 Å². The summed E-state index contributed by atoms with van der Waals surface area (Å²) in [5.41, 5.74) is 2.27. The Hall–Kier alpha value is -1.82. The maximum Gasteiger partial charge on any atom is 0.230 e. The van der Waals surface area contributed by atoms with Crippen molar-refractivity contribution in [2.24, 2.45) is 11.8 Å². The number of hydrogen-bond donors (Lipinski definition) is 1. The molecule has 0 saturated heterocycles. The molecular weight excluding hydrogens is 368 g/mol. The van der Waals surface area contributed by atoms with E-state index in [0.717, 1.165) is 35.9 Å². The number of nitrogens with zero attached hydrogens (tertiary/aromatic N) is 3. The number of benzene rings is 1. The van der Waals surface area contributed by atoms with Gasteiger partial charge in [0.05, 0.1) is 5.75 Å². The van der Waals surface area contributed by atoms with Gasteiger partial charge in [0.25, 0.3) is 0 Å². The van der Waals surface area contributed by atoms with Gasteiger partial charge in [-0.25, -0.2) is 0 Å². The average molecular weight is 401 g/mol. The second kappa shape index (κ2) is 9.59. The number of carbonyl (C=O) groups excluding carboxylic acids is 1. The Morgan fingerprint density at radius 2 is 2.11 bits per heavy atom. The van der Waals surface area contributed by atoms with Crippen LogP contribution in [0, 0.1) is 18.8 Å². The van der Waals surface area contributed by atoms with Gasteiger partial charge in [0.1, 0.15) is 0 Å². The van der Waals surface area contributed by atoms with Crippen LogP contribution in [0.4, 0.5) is 0 Å². The van der Waals surface area contributed by atoms with E-state index in [0.29, 0.717) is 23.6 Å². The second-order valence-electron chi connectivity index (χ2n) is 8.06. The summed E-state index contributed by atoms with van der Waals surface area (Å²) < 4.78 is 2.14. The molecule has 1 N–H and O–H groups in total. The Kier molecular flexibility index (Phi) is 7.16. The molecule has 1 aromatic carbocycles. The number of thioether (sulfide) groups is 1. The van der Waals surface area contributed by atoms with Crippen LogP contribution in [0.15, 0.2) is 29.4 Å². The zero-order chi connectivity index (χ0) is 20.1. The summed E-state index contributed by atoms with van der Waals surface area (Å²) in [4.78, 5) is 12.5. The molecule has 3 unspecified atom stereocenters. The van der Waals surface area contributed by atoms with Crippen molar-refractivity contribution in [2.75, 3.05) is 5.75 Å². The van der Waals surface area contributed by atoms with Crippen molar-refractivity contribution < 1.29 is 4.79 Å². The standard InChI is InChI=1S/C22H32N4OS/c1-5-12-26-21(18-10-6-8-15(2)13-18)24-25-22(26)28-14-20(27)23-19-11-7-9-16(3)17(19)4/h6,8,10,13,16-17,19H,5,7,9,11-12,14H2,1-4H3,(H,23,27). The van der Waals surface area contributed by atoms with E-state index in [1.807, 2.05) is 6.07 Å². The van der Waals surface area contributed by atoms with E-state index < -0.39 is 0 Å². The fourth-order valence-corrected chi connectivity index (χ4v) is 4.76. The number of nitrogens with one attached hydrogen (secondary N) is 1. The van der Waals surface area contributed by atoms with E-state index in [9.17, 15) is 4.79 Å². The SMILES string of the molecule is CCCn1c(SCC(=O)NC2CCCC(C)C2C)nnc1-c1cccc(C)c1. The summed E-state index contributed by atoms with van der Waals surface area (Å²) in [5, 5.41) is 12.9. The Balaban J connectivity index is 1.66. The van der Waals surface area contributed by atoms with Gasteiger partial charge in [-0.15, -0.1) is 10.2 Å². The van der Waals surface area contributed by atoms with E-state index in [4.69, 9.17) is 0 Å². The van der Waals surface area contributed by atoms with Crippen molar-refractivity contribution in [3.05, 3.63) is 29.8 Å². The zero-order valence-corrected chi connectivity index (χ0v) is 18.3. The minimum Gasteiger partial charge on any atom is -0.352 e. The van der Waals surface area contributed by atoms with Crippen molar-refractivity contribution in [1.29, 1.82) is 0 Å². The number of hydrogen-bond acceptors (Lipinski definition) is 4. The summed E-state index contributed by atoms with van der Waals surface area (Å²) in [6.45, 7) is 9.62. The Bertz CT molecular complexity index is 804. The lowest BCUT2D eigenvalue weighted by atomic mass is 9.78. The number of aromatic nitrogens is 3. The number of aryl methyl sites for hydroxylation is 1. The van der Waals surface area contributed by atoms with Crippen LogP contribution in [-0.2, 0) is 11.3 Å². The molecule has 0 aliphatic heterocycles. The van der Waals surface area contributed by atoms with E-state index in [-0.39, 0.29) is 5.91 Å². The molecule has 6 heteroatoms. The van der Waals surface area contributed by atoms with Crippen LogP contribution in [0.1, 0.15) is 52.0 Å². The normalized spacial score (nSPS) is 22.2. The fourth-order valence-electron chi connectivity index (χ4n) is 3.98. The molecule has 152 valence electrons. The third-order valence-electron chi connectivity index (χ3n) is 5.83. The summed E-state index contributed by atoms with van der Waals surface area (Å²) in [6, 6.07) is 8.62. The van der Waals surface area contributed by atoms with E-state index in [1.54, 1.807) is 0 Å². The van der Waals surface area contributed by atoms with Gasteiger partial charge in [0.15, 0.2) is 11.0 Å². The first kappa shape index (κ1) is 20.9. The molecule has 0 spiro atoms. The van der Waals surface area contributed by atoms with Crippen LogP contribution < -0.4 is 5.32 Å². The highest BCUT2D eigenvalue weighted by atomic mass is 32.2. The van der Waals surface area contributed by atoms with Crippen LogP contribution >= 0.6 is 11.8 Å². The molecule has 1 fully saturated rings. The van der Waals surface area contributed by atoms with Gasteiger partial charge >= 0.3 is 0 Å². The fraction of sp³-hybridized carbons (Fsp3) is 0.591. The summed E-state index contributed by atoms with van der Waals surface area (Å²) in [6.07, 6.45) is 4.55. The molecule has 1 saturated carbocycles. The lowest BCUT2D eigenvalue weighted by Gasteiger charge is -2.34. The summed E-state index contributed by atoms with van der Waals surface area (Å²) in [7, 11) is 0.